The average molecular weight is 280 g/mol. The maximum atomic E-state index is 4.84. The molecule has 0 bridgehead atoms. The van der Waals surface area contributed by atoms with Crippen LogP contribution in [0.1, 0.15) is 29.7 Å². The molecule has 1 aliphatic rings. The number of fused-ring (bicyclic) bond motifs is 1. The van der Waals surface area contributed by atoms with E-state index in [0.29, 0.717) is 6.54 Å². The molecule has 0 radical (unpaired) electrons. The molecule has 2 heterocycles. The van der Waals surface area contributed by atoms with Gasteiger partial charge in [0, 0.05) is 11.6 Å². The third-order valence-corrected chi connectivity index (χ3v) is 4.03. The second-order valence-corrected chi connectivity index (χ2v) is 5.44. The van der Waals surface area contributed by atoms with Gasteiger partial charge >= 0.3 is 0 Å². The zero-order chi connectivity index (χ0) is 14.1. The maximum Gasteiger partial charge on any atom is 0.124 e. The summed E-state index contributed by atoms with van der Waals surface area (Å²) in [6.45, 7) is 0.582. The minimum absolute atomic E-state index is 0.582. The molecule has 0 unspecified atom stereocenters. The van der Waals surface area contributed by atoms with Crippen molar-refractivity contribution < 1.29 is 4.52 Å². The number of hydrogen-bond acceptors (Lipinski definition) is 4. The zero-order valence-corrected chi connectivity index (χ0v) is 11.7. The van der Waals surface area contributed by atoms with Crippen molar-refractivity contribution in [3.63, 3.8) is 0 Å². The fourth-order valence-electron chi connectivity index (χ4n) is 3.01. The first-order chi connectivity index (χ1) is 10.4. The summed E-state index contributed by atoms with van der Waals surface area (Å²) in [7, 11) is 0. The monoisotopic (exact) mass is 280 g/mol. The summed E-state index contributed by atoms with van der Waals surface area (Å²) in [5, 5.41) is 12.4. The van der Waals surface area contributed by atoms with Crippen LogP contribution in [-0.2, 0) is 19.4 Å². The third-order valence-electron chi connectivity index (χ3n) is 4.03. The van der Waals surface area contributed by atoms with Crippen LogP contribution < -0.4 is 0 Å². The first kappa shape index (κ1) is 12.3. The summed E-state index contributed by atoms with van der Waals surface area (Å²) < 4.78 is 6.64. The largest absolute Gasteiger partial charge is 0.364 e. The van der Waals surface area contributed by atoms with Gasteiger partial charge in [-0.15, -0.1) is 5.10 Å². The molecule has 4 rings (SSSR count). The summed E-state index contributed by atoms with van der Waals surface area (Å²) in [6.07, 6.45) is 8.42. The molecule has 0 saturated heterocycles. The van der Waals surface area contributed by atoms with E-state index < -0.39 is 0 Å². The van der Waals surface area contributed by atoms with Crippen molar-refractivity contribution in [2.75, 3.05) is 0 Å². The lowest BCUT2D eigenvalue weighted by Crippen LogP contribution is -2.04. The van der Waals surface area contributed by atoms with Crippen LogP contribution in [0.3, 0.4) is 0 Å². The van der Waals surface area contributed by atoms with Gasteiger partial charge in [-0.3, -0.25) is 0 Å². The highest BCUT2D eigenvalue weighted by molar-refractivity contribution is 5.65. The number of benzene rings is 1. The van der Waals surface area contributed by atoms with Crippen LogP contribution in [-0.4, -0.2) is 20.2 Å². The van der Waals surface area contributed by atoms with E-state index >= 15 is 0 Å². The Morgan fingerprint density at radius 1 is 1.14 bits per heavy atom. The summed E-state index contributed by atoms with van der Waals surface area (Å²) >= 11 is 0. The first-order valence-corrected chi connectivity index (χ1v) is 7.31. The lowest BCUT2D eigenvalue weighted by molar-refractivity contribution is 0.407. The van der Waals surface area contributed by atoms with Crippen LogP contribution >= 0.6 is 0 Å². The predicted octanol–water partition coefficient (Wildman–Crippen LogP) is 2.86. The molecule has 0 fully saturated rings. The maximum absolute atomic E-state index is 4.84. The molecular weight excluding hydrogens is 264 g/mol. The summed E-state index contributed by atoms with van der Waals surface area (Å²) in [5.41, 5.74) is 5.92. The minimum Gasteiger partial charge on any atom is -0.364 e. The van der Waals surface area contributed by atoms with Crippen molar-refractivity contribution in [2.45, 2.75) is 32.2 Å². The van der Waals surface area contributed by atoms with E-state index in [4.69, 9.17) is 4.52 Å². The number of rotatable bonds is 3. The fraction of sp³-hybridized carbons (Fsp3) is 0.312. The molecule has 0 amide bonds. The number of aromatic nitrogens is 4. The molecule has 5 heteroatoms. The Morgan fingerprint density at radius 2 is 2.10 bits per heavy atom. The van der Waals surface area contributed by atoms with Gasteiger partial charge in [-0.25, -0.2) is 4.68 Å². The Bertz CT molecular complexity index is 745. The van der Waals surface area contributed by atoms with Crippen LogP contribution in [0.2, 0.25) is 0 Å². The first-order valence-electron chi connectivity index (χ1n) is 7.31. The van der Waals surface area contributed by atoms with Crippen LogP contribution in [0.15, 0.2) is 41.2 Å². The highest BCUT2D eigenvalue weighted by Gasteiger charge is 2.16. The Morgan fingerprint density at radius 3 is 3.00 bits per heavy atom. The van der Waals surface area contributed by atoms with Crippen LogP contribution in [0.5, 0.6) is 0 Å². The molecule has 5 nitrogen and oxygen atoms in total. The molecule has 0 saturated carbocycles. The van der Waals surface area contributed by atoms with E-state index in [1.54, 1.807) is 10.9 Å². The Hall–Kier alpha value is -2.43. The Balaban J connectivity index is 1.67. The van der Waals surface area contributed by atoms with Gasteiger partial charge < -0.3 is 4.52 Å². The third kappa shape index (κ3) is 2.35. The standard InChI is InChI=1S/C16H16N4O/c1-2-6-14-12(4-1)5-3-7-15(14)16-11-20(19-17-16)10-13-8-9-21-18-13/h3,5,7-9,11H,1-2,4,6,10H2. The molecule has 2 aromatic heterocycles. The van der Waals surface area contributed by atoms with Crippen LogP contribution in [0.25, 0.3) is 11.3 Å². The van der Waals surface area contributed by atoms with Crippen molar-refractivity contribution in [1.29, 1.82) is 0 Å². The van der Waals surface area contributed by atoms with E-state index in [9.17, 15) is 0 Å². The number of hydrogen-bond donors (Lipinski definition) is 0. The van der Waals surface area contributed by atoms with Gasteiger partial charge in [0.05, 0.1) is 12.7 Å². The smallest absolute Gasteiger partial charge is 0.124 e. The molecular formula is C16H16N4O. The van der Waals surface area contributed by atoms with E-state index in [0.717, 1.165) is 17.8 Å². The highest BCUT2D eigenvalue weighted by atomic mass is 16.5. The highest BCUT2D eigenvalue weighted by Crippen LogP contribution is 2.30. The average Bonchev–Trinajstić information content (AvgIpc) is 3.19. The fourth-order valence-corrected chi connectivity index (χ4v) is 3.01. The van der Waals surface area contributed by atoms with Gasteiger partial charge in [0.1, 0.15) is 17.7 Å². The van der Waals surface area contributed by atoms with Crippen molar-refractivity contribution >= 4 is 0 Å². The molecule has 106 valence electrons. The van der Waals surface area contributed by atoms with Gasteiger partial charge in [0.15, 0.2) is 0 Å². The van der Waals surface area contributed by atoms with Gasteiger partial charge in [-0.1, -0.05) is 28.6 Å². The van der Waals surface area contributed by atoms with E-state index in [1.807, 2.05) is 12.3 Å². The van der Waals surface area contributed by atoms with Crippen molar-refractivity contribution in [3.8, 4) is 11.3 Å². The van der Waals surface area contributed by atoms with Crippen molar-refractivity contribution in [1.82, 2.24) is 20.2 Å². The van der Waals surface area contributed by atoms with Crippen molar-refractivity contribution in [2.24, 2.45) is 0 Å². The van der Waals surface area contributed by atoms with E-state index in [-0.39, 0.29) is 0 Å². The molecule has 0 N–H and O–H groups in total. The van der Waals surface area contributed by atoms with E-state index in [1.165, 1.54) is 36.0 Å². The Labute approximate surface area is 122 Å². The summed E-state index contributed by atoms with van der Waals surface area (Å²) in [4.78, 5) is 0. The van der Waals surface area contributed by atoms with Gasteiger partial charge in [0.25, 0.3) is 0 Å². The summed E-state index contributed by atoms with van der Waals surface area (Å²) in [5.74, 6) is 0. The molecule has 3 aromatic rings. The van der Waals surface area contributed by atoms with Gasteiger partial charge in [-0.05, 0) is 36.8 Å². The van der Waals surface area contributed by atoms with E-state index in [2.05, 4.69) is 33.7 Å². The van der Waals surface area contributed by atoms with Crippen LogP contribution in [0, 0.1) is 0 Å². The lowest BCUT2D eigenvalue weighted by atomic mass is 9.87. The minimum atomic E-state index is 0.582. The number of aryl methyl sites for hydroxylation is 1. The second-order valence-electron chi connectivity index (χ2n) is 5.44. The molecule has 0 spiro atoms. The lowest BCUT2D eigenvalue weighted by Gasteiger charge is -2.18. The zero-order valence-electron chi connectivity index (χ0n) is 11.7. The SMILES string of the molecule is c1cc2c(c(-c3cn(Cc4ccon4)nn3)c1)CCCC2. The number of nitrogens with zero attached hydrogens (tertiary/aromatic N) is 4. The molecule has 0 atom stereocenters. The molecule has 21 heavy (non-hydrogen) atoms. The van der Waals surface area contributed by atoms with Gasteiger partial charge in [-0.2, -0.15) is 0 Å². The quantitative estimate of drug-likeness (QED) is 0.740. The van der Waals surface area contributed by atoms with Crippen molar-refractivity contribution in [3.05, 3.63) is 53.5 Å². The normalized spacial score (nSPS) is 14.1. The van der Waals surface area contributed by atoms with Crippen LogP contribution in [0.4, 0.5) is 0 Å². The second kappa shape index (κ2) is 5.16. The topological polar surface area (TPSA) is 56.7 Å². The molecule has 1 aliphatic carbocycles. The summed E-state index contributed by atoms with van der Waals surface area (Å²) in [6, 6.07) is 8.34. The predicted molar refractivity (Wildman–Crippen MR) is 77.7 cm³/mol. The molecule has 0 aliphatic heterocycles. The molecule has 1 aromatic carbocycles. The Kier molecular flexibility index (Phi) is 3.03. The van der Waals surface area contributed by atoms with Gasteiger partial charge in [0.2, 0.25) is 0 Å².